The lowest BCUT2D eigenvalue weighted by Crippen LogP contribution is -2.37. The number of aromatic nitrogens is 3. The van der Waals surface area contributed by atoms with E-state index in [1.807, 2.05) is 37.6 Å². The standard InChI is InChI=1S/C20H19N5OS/c1-12-8-24(19(26)20(12,11-21)15-3-4-15)16-5-6-22-25-9-14(7-17(16)25)18-23-13(2)10-27-18/h5-7,9-10,12,15H,3-4,8H2,1-2H3/t12-,20+/m1/s1. The Kier molecular flexibility index (Phi) is 3.43. The lowest BCUT2D eigenvalue weighted by molar-refractivity contribution is -0.124. The number of aryl methyl sites for hydroxylation is 1. The van der Waals surface area contributed by atoms with Gasteiger partial charge in [-0.2, -0.15) is 10.4 Å². The molecule has 1 saturated carbocycles. The van der Waals surface area contributed by atoms with Crippen LogP contribution in [0.3, 0.4) is 0 Å². The molecule has 7 heteroatoms. The van der Waals surface area contributed by atoms with Gasteiger partial charge in [0.05, 0.1) is 17.3 Å². The molecule has 0 radical (unpaired) electrons. The van der Waals surface area contributed by atoms with Gasteiger partial charge in [-0.15, -0.1) is 11.3 Å². The van der Waals surface area contributed by atoms with Crippen LogP contribution < -0.4 is 4.90 Å². The van der Waals surface area contributed by atoms with Crippen LogP contribution in [-0.4, -0.2) is 27.0 Å². The lowest BCUT2D eigenvalue weighted by Gasteiger charge is -2.23. The summed E-state index contributed by atoms with van der Waals surface area (Å²) in [5, 5.41) is 17.2. The highest BCUT2D eigenvalue weighted by Gasteiger charge is 2.61. The number of thiazole rings is 1. The SMILES string of the molecule is Cc1csc(-c2cc3c(N4C[C@@H](C)[C@@](C#N)(C5CC5)C4=O)ccnn3c2)n1. The molecule has 27 heavy (non-hydrogen) atoms. The summed E-state index contributed by atoms with van der Waals surface area (Å²) < 4.78 is 1.79. The minimum Gasteiger partial charge on any atom is -0.309 e. The van der Waals surface area contributed by atoms with Crippen LogP contribution in [0.25, 0.3) is 16.1 Å². The van der Waals surface area contributed by atoms with Gasteiger partial charge in [-0.1, -0.05) is 6.92 Å². The topological polar surface area (TPSA) is 74.3 Å². The highest BCUT2D eigenvalue weighted by molar-refractivity contribution is 7.13. The van der Waals surface area contributed by atoms with Crippen LogP contribution in [0.4, 0.5) is 5.69 Å². The van der Waals surface area contributed by atoms with Crippen LogP contribution in [-0.2, 0) is 4.79 Å². The van der Waals surface area contributed by atoms with E-state index in [4.69, 9.17) is 0 Å². The molecule has 1 aliphatic carbocycles. The number of nitriles is 1. The summed E-state index contributed by atoms with van der Waals surface area (Å²) in [7, 11) is 0. The molecule has 3 aromatic heterocycles. The molecule has 4 heterocycles. The number of fused-ring (bicyclic) bond motifs is 1. The maximum absolute atomic E-state index is 13.3. The van der Waals surface area contributed by atoms with Gasteiger partial charge in [0.1, 0.15) is 10.4 Å². The summed E-state index contributed by atoms with van der Waals surface area (Å²) >= 11 is 1.60. The molecule has 0 unspecified atom stereocenters. The normalized spacial score (nSPS) is 25.3. The van der Waals surface area contributed by atoms with E-state index in [-0.39, 0.29) is 17.7 Å². The first-order valence-electron chi connectivity index (χ1n) is 9.17. The molecule has 2 aliphatic rings. The summed E-state index contributed by atoms with van der Waals surface area (Å²) in [5.74, 6) is 0.168. The van der Waals surface area contributed by atoms with Crippen molar-refractivity contribution in [3.05, 3.63) is 35.6 Å². The summed E-state index contributed by atoms with van der Waals surface area (Å²) in [5.41, 5.74) is 2.79. The maximum atomic E-state index is 13.3. The van der Waals surface area contributed by atoms with Crippen molar-refractivity contribution in [2.45, 2.75) is 26.7 Å². The number of carbonyl (C=O) groups excluding carboxylic acids is 1. The van der Waals surface area contributed by atoms with Crippen molar-refractivity contribution in [1.29, 1.82) is 5.26 Å². The minimum atomic E-state index is -0.873. The molecule has 0 N–H and O–H groups in total. The first kappa shape index (κ1) is 16.5. The Morgan fingerprint density at radius 2 is 2.22 bits per heavy atom. The van der Waals surface area contributed by atoms with Crippen LogP contribution in [0.15, 0.2) is 29.9 Å². The average molecular weight is 377 g/mol. The predicted octanol–water partition coefficient (Wildman–Crippen LogP) is 3.67. The number of carbonyl (C=O) groups is 1. The Balaban J connectivity index is 1.60. The fourth-order valence-electron chi connectivity index (χ4n) is 4.34. The molecule has 1 saturated heterocycles. The highest BCUT2D eigenvalue weighted by atomic mass is 32.1. The largest absolute Gasteiger partial charge is 0.309 e. The third kappa shape index (κ3) is 2.26. The Labute approximate surface area is 161 Å². The van der Waals surface area contributed by atoms with Gasteiger partial charge in [0, 0.05) is 41.5 Å². The molecule has 1 amide bonds. The van der Waals surface area contributed by atoms with Crippen LogP contribution >= 0.6 is 11.3 Å². The number of anilines is 1. The van der Waals surface area contributed by atoms with Gasteiger partial charge < -0.3 is 4.90 Å². The Morgan fingerprint density at radius 1 is 1.41 bits per heavy atom. The smallest absolute Gasteiger partial charge is 0.248 e. The van der Waals surface area contributed by atoms with Gasteiger partial charge in [-0.25, -0.2) is 9.50 Å². The molecule has 6 nitrogen and oxygen atoms in total. The Morgan fingerprint density at radius 3 is 2.89 bits per heavy atom. The Hall–Kier alpha value is -2.72. The van der Waals surface area contributed by atoms with E-state index in [0.29, 0.717) is 6.54 Å². The van der Waals surface area contributed by atoms with Crippen molar-refractivity contribution in [2.24, 2.45) is 17.3 Å². The monoisotopic (exact) mass is 377 g/mol. The fraction of sp³-hybridized carbons (Fsp3) is 0.400. The molecule has 0 aromatic carbocycles. The van der Waals surface area contributed by atoms with Gasteiger partial charge in [0.2, 0.25) is 5.91 Å². The summed E-state index contributed by atoms with van der Waals surface area (Å²) in [6.07, 6.45) is 5.60. The van der Waals surface area contributed by atoms with E-state index in [1.54, 1.807) is 26.9 Å². The zero-order chi connectivity index (χ0) is 18.8. The van der Waals surface area contributed by atoms with E-state index in [9.17, 15) is 10.1 Å². The third-order valence-corrected chi connectivity index (χ3v) is 6.89. The van der Waals surface area contributed by atoms with Gasteiger partial charge in [-0.05, 0) is 37.8 Å². The second kappa shape index (κ2) is 5.64. The van der Waals surface area contributed by atoms with Crippen molar-refractivity contribution >= 4 is 28.4 Å². The summed E-state index contributed by atoms with van der Waals surface area (Å²) in [6, 6.07) is 6.30. The molecule has 2 fully saturated rings. The summed E-state index contributed by atoms with van der Waals surface area (Å²) in [4.78, 5) is 19.7. The number of amides is 1. The van der Waals surface area contributed by atoms with E-state index < -0.39 is 5.41 Å². The van der Waals surface area contributed by atoms with E-state index in [2.05, 4.69) is 16.2 Å². The Bertz CT molecular complexity index is 1110. The second-order valence-electron chi connectivity index (χ2n) is 7.64. The number of hydrogen-bond donors (Lipinski definition) is 0. The third-order valence-electron chi connectivity index (χ3n) is 5.88. The molecule has 5 rings (SSSR count). The second-order valence-corrected chi connectivity index (χ2v) is 8.50. The van der Waals surface area contributed by atoms with Crippen LogP contribution in [0.2, 0.25) is 0 Å². The molecule has 136 valence electrons. The van der Waals surface area contributed by atoms with Crippen LogP contribution in [0, 0.1) is 35.5 Å². The minimum absolute atomic E-state index is 0.0201. The summed E-state index contributed by atoms with van der Waals surface area (Å²) in [6.45, 7) is 4.57. The molecule has 0 bridgehead atoms. The van der Waals surface area contributed by atoms with E-state index >= 15 is 0 Å². The van der Waals surface area contributed by atoms with Crippen molar-refractivity contribution in [2.75, 3.05) is 11.4 Å². The first-order chi connectivity index (χ1) is 13.0. The first-order valence-corrected chi connectivity index (χ1v) is 10.1. The van der Waals surface area contributed by atoms with Gasteiger partial charge in [0.25, 0.3) is 0 Å². The average Bonchev–Trinajstić information content (AvgIpc) is 3.16. The lowest BCUT2D eigenvalue weighted by atomic mass is 9.75. The maximum Gasteiger partial charge on any atom is 0.248 e. The van der Waals surface area contributed by atoms with Crippen molar-refractivity contribution in [1.82, 2.24) is 14.6 Å². The van der Waals surface area contributed by atoms with Crippen molar-refractivity contribution in [3.8, 4) is 16.6 Å². The predicted molar refractivity (Wildman–Crippen MR) is 103 cm³/mol. The molecular formula is C20H19N5OS. The quantitative estimate of drug-likeness (QED) is 0.698. The molecular weight excluding hydrogens is 358 g/mol. The molecule has 1 aliphatic heterocycles. The number of nitrogens with zero attached hydrogens (tertiary/aromatic N) is 5. The number of rotatable bonds is 3. The molecule has 0 spiro atoms. The zero-order valence-electron chi connectivity index (χ0n) is 15.2. The van der Waals surface area contributed by atoms with E-state index in [0.717, 1.165) is 40.3 Å². The van der Waals surface area contributed by atoms with Crippen LogP contribution in [0.5, 0.6) is 0 Å². The fourth-order valence-corrected chi connectivity index (χ4v) is 5.12. The van der Waals surface area contributed by atoms with E-state index in [1.165, 1.54) is 0 Å². The van der Waals surface area contributed by atoms with Crippen molar-refractivity contribution < 1.29 is 4.79 Å². The molecule has 2 atom stereocenters. The molecule has 3 aromatic rings. The zero-order valence-corrected chi connectivity index (χ0v) is 16.0. The van der Waals surface area contributed by atoms with Crippen LogP contribution in [0.1, 0.15) is 25.5 Å². The number of hydrogen-bond acceptors (Lipinski definition) is 5. The van der Waals surface area contributed by atoms with Gasteiger partial charge >= 0.3 is 0 Å². The van der Waals surface area contributed by atoms with Gasteiger partial charge in [-0.3, -0.25) is 4.79 Å². The van der Waals surface area contributed by atoms with Gasteiger partial charge in [0.15, 0.2) is 0 Å². The highest BCUT2D eigenvalue weighted by Crippen LogP contribution is 2.54. The van der Waals surface area contributed by atoms with Crippen molar-refractivity contribution in [3.63, 3.8) is 0 Å².